The summed E-state index contributed by atoms with van der Waals surface area (Å²) in [7, 11) is 0. The van der Waals surface area contributed by atoms with Gasteiger partial charge in [-0.3, -0.25) is 4.79 Å². The minimum Gasteiger partial charge on any atom is -0.507 e. The number of hydrogen-bond acceptors (Lipinski definition) is 4. The fraction of sp³-hybridized carbons (Fsp3) is 0.273. The normalized spacial score (nSPS) is 11.8. The van der Waals surface area contributed by atoms with Gasteiger partial charge in [0.1, 0.15) is 23.1 Å². The van der Waals surface area contributed by atoms with Crippen molar-refractivity contribution in [2.45, 2.75) is 19.4 Å². The molecule has 1 rings (SSSR count). The molecule has 1 aromatic carbocycles. The molecule has 0 aliphatic heterocycles. The van der Waals surface area contributed by atoms with Crippen LogP contribution in [-0.4, -0.2) is 33.2 Å². The average molecular weight is 239 g/mol. The Balaban J connectivity index is 2.94. The first-order valence-electron chi connectivity index (χ1n) is 5.02. The Hall–Kier alpha value is -2.24. The van der Waals surface area contributed by atoms with Gasteiger partial charge in [0.25, 0.3) is 5.91 Å². The highest BCUT2D eigenvalue weighted by atomic mass is 16.4. The Morgan fingerprint density at radius 3 is 2.24 bits per heavy atom. The van der Waals surface area contributed by atoms with E-state index in [2.05, 4.69) is 5.32 Å². The van der Waals surface area contributed by atoms with Gasteiger partial charge in [0, 0.05) is 0 Å². The number of nitrogens with one attached hydrogen (secondary N) is 1. The number of phenolic OH excluding ortho intramolecular Hbond substituents is 2. The minimum absolute atomic E-state index is 0.204. The highest BCUT2D eigenvalue weighted by Crippen LogP contribution is 2.25. The summed E-state index contributed by atoms with van der Waals surface area (Å²) in [5, 5.41) is 29.8. The van der Waals surface area contributed by atoms with Gasteiger partial charge in [0.05, 0.1) is 0 Å². The van der Waals surface area contributed by atoms with Crippen LogP contribution in [-0.2, 0) is 4.79 Å². The first kappa shape index (κ1) is 12.8. The summed E-state index contributed by atoms with van der Waals surface area (Å²) >= 11 is 0. The smallest absolute Gasteiger partial charge is 0.326 e. The maximum Gasteiger partial charge on any atom is 0.326 e. The predicted molar refractivity (Wildman–Crippen MR) is 59.0 cm³/mol. The van der Waals surface area contributed by atoms with Crippen molar-refractivity contribution >= 4 is 11.9 Å². The van der Waals surface area contributed by atoms with E-state index in [-0.39, 0.29) is 12.0 Å². The third kappa shape index (κ3) is 2.87. The highest BCUT2D eigenvalue weighted by molar-refractivity contribution is 6.01. The number of carbonyl (C=O) groups excluding carboxylic acids is 1. The number of carbonyl (C=O) groups is 2. The second-order valence-corrected chi connectivity index (χ2v) is 3.44. The molecule has 1 amide bonds. The summed E-state index contributed by atoms with van der Waals surface area (Å²) < 4.78 is 0. The van der Waals surface area contributed by atoms with E-state index < -0.39 is 29.4 Å². The van der Waals surface area contributed by atoms with Crippen LogP contribution in [0.4, 0.5) is 0 Å². The van der Waals surface area contributed by atoms with Crippen LogP contribution in [0.2, 0.25) is 0 Å². The number of carboxylic acids is 1. The zero-order valence-electron chi connectivity index (χ0n) is 9.17. The molecule has 6 nitrogen and oxygen atoms in total. The van der Waals surface area contributed by atoms with Crippen LogP contribution in [0.15, 0.2) is 18.2 Å². The van der Waals surface area contributed by atoms with Crippen molar-refractivity contribution in [3.63, 3.8) is 0 Å². The second-order valence-electron chi connectivity index (χ2n) is 3.44. The molecule has 0 fully saturated rings. The monoisotopic (exact) mass is 239 g/mol. The molecule has 0 aromatic heterocycles. The van der Waals surface area contributed by atoms with E-state index in [1.807, 2.05) is 0 Å². The molecular weight excluding hydrogens is 226 g/mol. The van der Waals surface area contributed by atoms with Gasteiger partial charge in [0.15, 0.2) is 0 Å². The maximum absolute atomic E-state index is 11.7. The van der Waals surface area contributed by atoms with E-state index in [4.69, 9.17) is 5.11 Å². The van der Waals surface area contributed by atoms with E-state index >= 15 is 0 Å². The van der Waals surface area contributed by atoms with Gasteiger partial charge in [-0.15, -0.1) is 0 Å². The van der Waals surface area contributed by atoms with Crippen molar-refractivity contribution in [2.75, 3.05) is 0 Å². The Morgan fingerprint density at radius 2 is 1.82 bits per heavy atom. The lowest BCUT2D eigenvalue weighted by atomic mass is 10.1. The van der Waals surface area contributed by atoms with Gasteiger partial charge < -0.3 is 20.6 Å². The Bertz CT molecular complexity index is 423. The molecule has 1 atom stereocenters. The number of phenols is 2. The fourth-order valence-corrected chi connectivity index (χ4v) is 1.33. The molecule has 0 radical (unpaired) electrons. The second kappa shape index (κ2) is 5.20. The number of benzene rings is 1. The minimum atomic E-state index is -1.17. The SMILES string of the molecule is CC[C@H](NC(=O)c1c(O)cccc1O)C(=O)O. The molecule has 1 aromatic rings. The van der Waals surface area contributed by atoms with E-state index in [0.29, 0.717) is 0 Å². The standard InChI is InChI=1S/C11H13NO5/c1-2-6(11(16)17)12-10(15)9-7(13)4-3-5-8(9)14/h3-6,13-14H,2H2,1H3,(H,12,15)(H,16,17)/t6-/m0/s1. The largest absolute Gasteiger partial charge is 0.507 e. The van der Waals surface area contributed by atoms with Crippen molar-refractivity contribution < 1.29 is 24.9 Å². The van der Waals surface area contributed by atoms with Crippen LogP contribution >= 0.6 is 0 Å². The molecule has 0 heterocycles. The van der Waals surface area contributed by atoms with Crippen LogP contribution in [0.25, 0.3) is 0 Å². The lowest BCUT2D eigenvalue weighted by molar-refractivity contribution is -0.139. The van der Waals surface area contributed by atoms with E-state index in [9.17, 15) is 19.8 Å². The zero-order chi connectivity index (χ0) is 13.0. The van der Waals surface area contributed by atoms with Gasteiger partial charge >= 0.3 is 5.97 Å². The molecule has 6 heteroatoms. The molecular formula is C11H13NO5. The lowest BCUT2D eigenvalue weighted by Crippen LogP contribution is -2.40. The number of rotatable bonds is 4. The average Bonchev–Trinajstić information content (AvgIpc) is 2.25. The first-order valence-corrected chi connectivity index (χ1v) is 5.02. The van der Waals surface area contributed by atoms with Crippen LogP contribution < -0.4 is 5.32 Å². The van der Waals surface area contributed by atoms with E-state index in [0.717, 1.165) is 0 Å². The van der Waals surface area contributed by atoms with Crippen molar-refractivity contribution in [1.82, 2.24) is 5.32 Å². The van der Waals surface area contributed by atoms with E-state index in [1.165, 1.54) is 18.2 Å². The van der Waals surface area contributed by atoms with Crippen molar-refractivity contribution in [2.24, 2.45) is 0 Å². The van der Waals surface area contributed by atoms with Crippen LogP contribution in [0.3, 0.4) is 0 Å². The number of aliphatic carboxylic acids is 1. The number of carboxylic acid groups (broad SMARTS) is 1. The molecule has 0 aliphatic carbocycles. The molecule has 0 saturated heterocycles. The number of hydrogen-bond donors (Lipinski definition) is 4. The number of amides is 1. The van der Waals surface area contributed by atoms with Crippen molar-refractivity contribution in [1.29, 1.82) is 0 Å². The summed E-state index contributed by atoms with van der Waals surface area (Å²) in [4.78, 5) is 22.4. The summed E-state index contributed by atoms with van der Waals surface area (Å²) in [6.45, 7) is 1.60. The van der Waals surface area contributed by atoms with Crippen LogP contribution in [0, 0.1) is 0 Å². The Kier molecular flexibility index (Phi) is 3.92. The third-order valence-corrected chi connectivity index (χ3v) is 2.26. The van der Waals surface area contributed by atoms with Crippen molar-refractivity contribution in [3.05, 3.63) is 23.8 Å². The van der Waals surface area contributed by atoms with Gasteiger partial charge in [-0.05, 0) is 18.6 Å². The van der Waals surface area contributed by atoms with Crippen LogP contribution in [0.1, 0.15) is 23.7 Å². The predicted octanol–water partition coefficient (Wildman–Crippen LogP) is 0.691. The first-order chi connectivity index (χ1) is 7.97. The summed E-state index contributed by atoms with van der Waals surface area (Å²) in [6.07, 6.45) is 0.204. The third-order valence-electron chi connectivity index (χ3n) is 2.26. The molecule has 0 spiro atoms. The Labute approximate surface area is 97.5 Å². The zero-order valence-corrected chi connectivity index (χ0v) is 9.17. The molecule has 4 N–H and O–H groups in total. The molecule has 0 bridgehead atoms. The quantitative estimate of drug-likeness (QED) is 0.618. The molecule has 92 valence electrons. The summed E-state index contributed by atoms with van der Waals surface area (Å²) in [5.41, 5.74) is -0.327. The van der Waals surface area contributed by atoms with E-state index in [1.54, 1.807) is 6.92 Å². The molecule has 0 saturated carbocycles. The number of aromatic hydroxyl groups is 2. The van der Waals surface area contributed by atoms with Crippen LogP contribution in [0.5, 0.6) is 11.5 Å². The topological polar surface area (TPSA) is 107 Å². The molecule has 0 unspecified atom stereocenters. The lowest BCUT2D eigenvalue weighted by Gasteiger charge is -2.13. The fourth-order valence-electron chi connectivity index (χ4n) is 1.33. The molecule has 17 heavy (non-hydrogen) atoms. The highest BCUT2D eigenvalue weighted by Gasteiger charge is 2.22. The molecule has 0 aliphatic rings. The van der Waals surface area contributed by atoms with Gasteiger partial charge in [-0.2, -0.15) is 0 Å². The van der Waals surface area contributed by atoms with Gasteiger partial charge in [-0.25, -0.2) is 4.79 Å². The Morgan fingerprint density at radius 1 is 1.29 bits per heavy atom. The van der Waals surface area contributed by atoms with Gasteiger partial charge in [0.2, 0.25) is 0 Å². The van der Waals surface area contributed by atoms with Crippen molar-refractivity contribution in [3.8, 4) is 11.5 Å². The summed E-state index contributed by atoms with van der Waals surface area (Å²) in [6, 6.07) is 2.78. The maximum atomic E-state index is 11.7. The summed E-state index contributed by atoms with van der Waals surface area (Å²) in [5.74, 6) is -2.80. The van der Waals surface area contributed by atoms with Gasteiger partial charge in [-0.1, -0.05) is 13.0 Å².